The third-order valence-corrected chi connectivity index (χ3v) is 2.59. The first kappa shape index (κ1) is 11.8. The van der Waals surface area contributed by atoms with Gasteiger partial charge in [0.25, 0.3) is 0 Å². The van der Waals surface area contributed by atoms with Crippen molar-refractivity contribution in [2.24, 2.45) is 0 Å². The van der Waals surface area contributed by atoms with E-state index in [0.29, 0.717) is 0 Å². The Morgan fingerprint density at radius 1 is 1.07 bits per heavy atom. The minimum atomic E-state index is -4.12. The van der Waals surface area contributed by atoms with E-state index in [9.17, 15) is 8.42 Å². The summed E-state index contributed by atoms with van der Waals surface area (Å²) in [6, 6.07) is 12.0. The molecule has 1 heterocycles. The van der Waals surface area contributed by atoms with Gasteiger partial charge in [0.15, 0.2) is 0 Å². The normalized spacial score (nSPS) is 10.2. The van der Waals surface area contributed by atoms with E-state index in [4.69, 9.17) is 4.55 Å². The molecule has 0 amide bonds. The van der Waals surface area contributed by atoms with Gasteiger partial charge in [-0.15, -0.1) is 0 Å². The van der Waals surface area contributed by atoms with Crippen molar-refractivity contribution in [3.63, 3.8) is 0 Å². The molecule has 0 aliphatic rings. The Kier molecular flexibility index (Phi) is 4.35. The van der Waals surface area contributed by atoms with E-state index in [1.54, 1.807) is 0 Å². The average Bonchev–Trinajstić information content (AvgIpc) is 2.73. The molecule has 0 unspecified atom stereocenters. The summed E-state index contributed by atoms with van der Waals surface area (Å²) in [5, 5.41) is -0.396. The molecule has 1 N–H and O–H groups in total. The van der Waals surface area contributed by atoms with Crippen LogP contribution in [0.15, 0.2) is 47.6 Å². The van der Waals surface area contributed by atoms with E-state index in [1.807, 2.05) is 36.4 Å². The molecule has 0 saturated carbocycles. The summed E-state index contributed by atoms with van der Waals surface area (Å²) in [7, 11) is -4.12. The maximum Gasteiger partial charge on any atom is 0.314 e. The number of nitrogens with zero attached hydrogens (tertiary/aromatic N) is 2. The van der Waals surface area contributed by atoms with Gasteiger partial charge < -0.3 is 0 Å². The second-order valence-electron chi connectivity index (χ2n) is 2.38. The van der Waals surface area contributed by atoms with Gasteiger partial charge in [0.1, 0.15) is 0 Å². The Bertz CT molecular complexity index is 441. The highest BCUT2D eigenvalue weighted by atomic mass is 32.2. The highest BCUT2D eigenvalue weighted by Gasteiger charge is 2.11. The molecular formula is C8H8N2O3S2. The van der Waals surface area contributed by atoms with Crippen LogP contribution in [0.5, 0.6) is 0 Å². The second-order valence-corrected chi connectivity index (χ2v) is 4.30. The minimum absolute atomic E-state index is 0.396. The number of rotatable bonds is 1. The van der Waals surface area contributed by atoms with Crippen molar-refractivity contribution in [2.75, 3.05) is 0 Å². The van der Waals surface area contributed by atoms with Gasteiger partial charge in [0, 0.05) is 0 Å². The van der Waals surface area contributed by atoms with E-state index < -0.39 is 15.1 Å². The SMILES string of the molecule is O=S(=O)(O)c1cnsn1.c1ccccc1. The Hall–Kier alpha value is -1.31. The van der Waals surface area contributed by atoms with Crippen LogP contribution >= 0.6 is 11.7 Å². The van der Waals surface area contributed by atoms with Gasteiger partial charge in [0.05, 0.1) is 17.9 Å². The minimum Gasteiger partial charge on any atom is -0.281 e. The molecule has 15 heavy (non-hydrogen) atoms. The molecule has 0 radical (unpaired) electrons. The molecule has 1 aromatic heterocycles. The van der Waals surface area contributed by atoms with Crippen LogP contribution in [0, 0.1) is 0 Å². The summed E-state index contributed by atoms with van der Waals surface area (Å²) in [6.45, 7) is 0. The molecule has 5 nitrogen and oxygen atoms in total. The summed E-state index contributed by atoms with van der Waals surface area (Å²) >= 11 is 0.727. The quantitative estimate of drug-likeness (QED) is 0.768. The lowest BCUT2D eigenvalue weighted by molar-refractivity contribution is 0.480. The average molecular weight is 244 g/mol. The van der Waals surface area contributed by atoms with Crippen LogP contribution in [-0.2, 0) is 10.1 Å². The van der Waals surface area contributed by atoms with Crippen LogP contribution in [0.4, 0.5) is 0 Å². The van der Waals surface area contributed by atoms with Crippen molar-refractivity contribution < 1.29 is 13.0 Å². The summed E-state index contributed by atoms with van der Waals surface area (Å²) in [5.74, 6) is 0. The van der Waals surface area contributed by atoms with Gasteiger partial charge in [-0.1, -0.05) is 36.4 Å². The van der Waals surface area contributed by atoms with Crippen LogP contribution in [0.1, 0.15) is 0 Å². The highest BCUT2D eigenvalue weighted by molar-refractivity contribution is 7.85. The molecule has 0 bridgehead atoms. The second kappa shape index (κ2) is 5.54. The smallest absolute Gasteiger partial charge is 0.281 e. The fraction of sp³-hybridized carbons (Fsp3) is 0. The Labute approximate surface area is 91.5 Å². The van der Waals surface area contributed by atoms with Gasteiger partial charge in [-0.05, 0) is 0 Å². The largest absolute Gasteiger partial charge is 0.314 e. The predicted molar refractivity (Wildman–Crippen MR) is 56.2 cm³/mol. The zero-order valence-electron chi connectivity index (χ0n) is 7.52. The molecule has 80 valence electrons. The number of benzene rings is 1. The zero-order valence-corrected chi connectivity index (χ0v) is 9.15. The lowest BCUT2D eigenvalue weighted by Gasteiger charge is -1.82. The third kappa shape index (κ3) is 4.63. The molecule has 0 fully saturated rings. The first-order valence-electron chi connectivity index (χ1n) is 3.86. The number of hydrogen-bond donors (Lipinski definition) is 1. The molecule has 1 aromatic carbocycles. The third-order valence-electron chi connectivity index (χ3n) is 1.27. The summed E-state index contributed by atoms with van der Waals surface area (Å²) in [4.78, 5) is 0. The van der Waals surface area contributed by atoms with E-state index in [0.717, 1.165) is 17.9 Å². The van der Waals surface area contributed by atoms with Crippen LogP contribution in [-0.4, -0.2) is 21.7 Å². The fourth-order valence-corrected chi connectivity index (χ4v) is 1.71. The van der Waals surface area contributed by atoms with Gasteiger partial charge in [-0.25, -0.2) is 0 Å². The van der Waals surface area contributed by atoms with Gasteiger partial charge in [0.2, 0.25) is 5.03 Å². The summed E-state index contributed by atoms with van der Waals surface area (Å²) in [6.07, 6.45) is 0.986. The maximum atomic E-state index is 10.2. The number of hydrogen-bond acceptors (Lipinski definition) is 5. The molecule has 0 spiro atoms. The van der Waals surface area contributed by atoms with E-state index in [2.05, 4.69) is 8.75 Å². The predicted octanol–water partition coefficient (Wildman–Crippen LogP) is 1.47. The zero-order chi connectivity index (χ0) is 11.1. The van der Waals surface area contributed by atoms with Crippen molar-refractivity contribution in [1.29, 1.82) is 0 Å². The molecule has 0 aliphatic heterocycles. The van der Waals surface area contributed by atoms with Crippen LogP contribution < -0.4 is 0 Å². The monoisotopic (exact) mass is 244 g/mol. The van der Waals surface area contributed by atoms with E-state index in [-0.39, 0.29) is 0 Å². The van der Waals surface area contributed by atoms with Gasteiger partial charge >= 0.3 is 10.1 Å². The Morgan fingerprint density at radius 3 is 1.73 bits per heavy atom. The summed E-state index contributed by atoms with van der Waals surface area (Å²) in [5.41, 5.74) is 0. The molecule has 0 aliphatic carbocycles. The van der Waals surface area contributed by atoms with Crippen LogP contribution in [0.2, 0.25) is 0 Å². The van der Waals surface area contributed by atoms with Crippen LogP contribution in [0.25, 0.3) is 0 Å². The lowest BCUT2D eigenvalue weighted by Crippen LogP contribution is -1.96. The molecule has 2 aromatic rings. The Balaban J connectivity index is 0.000000162. The van der Waals surface area contributed by atoms with E-state index in [1.165, 1.54) is 0 Å². The van der Waals surface area contributed by atoms with Crippen molar-refractivity contribution in [3.05, 3.63) is 42.6 Å². The number of aromatic nitrogens is 2. The van der Waals surface area contributed by atoms with Crippen molar-refractivity contribution in [3.8, 4) is 0 Å². The maximum absolute atomic E-state index is 10.2. The van der Waals surface area contributed by atoms with Crippen LogP contribution in [0.3, 0.4) is 0 Å². The van der Waals surface area contributed by atoms with Crippen molar-refractivity contribution in [2.45, 2.75) is 5.03 Å². The molecule has 2 rings (SSSR count). The first-order chi connectivity index (χ1) is 7.11. The van der Waals surface area contributed by atoms with Crippen molar-refractivity contribution in [1.82, 2.24) is 8.75 Å². The van der Waals surface area contributed by atoms with Gasteiger partial charge in [-0.2, -0.15) is 17.2 Å². The molecule has 0 atom stereocenters. The Morgan fingerprint density at radius 2 is 1.53 bits per heavy atom. The molecular weight excluding hydrogens is 236 g/mol. The van der Waals surface area contributed by atoms with Gasteiger partial charge in [-0.3, -0.25) is 4.55 Å². The fourth-order valence-electron chi connectivity index (χ4n) is 0.655. The standard InChI is InChI=1S/C6H6.C2H2N2O3S2/c1-2-4-6-5-3-1;5-9(6,7)2-1-3-8-4-2/h1-6H;1H,(H,5,6,7). The first-order valence-corrected chi connectivity index (χ1v) is 6.03. The van der Waals surface area contributed by atoms with E-state index >= 15 is 0 Å². The lowest BCUT2D eigenvalue weighted by atomic mass is 10.4. The molecule has 0 saturated heterocycles. The summed E-state index contributed by atoms with van der Waals surface area (Å²) < 4.78 is 35.2. The highest BCUT2D eigenvalue weighted by Crippen LogP contribution is 2.02. The topological polar surface area (TPSA) is 80.2 Å². The van der Waals surface area contributed by atoms with Crippen molar-refractivity contribution >= 4 is 21.8 Å². The molecule has 7 heteroatoms.